The fourth-order valence-corrected chi connectivity index (χ4v) is 2.36. The summed E-state index contributed by atoms with van der Waals surface area (Å²) >= 11 is 0. The van der Waals surface area contributed by atoms with Crippen LogP contribution in [0.25, 0.3) is 0 Å². The van der Waals surface area contributed by atoms with Crippen molar-refractivity contribution >= 4 is 0 Å². The van der Waals surface area contributed by atoms with Crippen LogP contribution in [-0.2, 0) is 9.47 Å². The largest absolute Gasteiger partial charge is 0.393 e. The Labute approximate surface area is 83.8 Å². The van der Waals surface area contributed by atoms with Crippen LogP contribution < -0.4 is 0 Å². The highest BCUT2D eigenvalue weighted by Crippen LogP contribution is 2.33. The second-order valence-corrected chi connectivity index (χ2v) is 4.17. The molecule has 2 fully saturated rings. The summed E-state index contributed by atoms with van der Waals surface area (Å²) < 4.78 is 10.9. The fraction of sp³-hybridized carbons (Fsp3) is 1.00. The first-order valence-corrected chi connectivity index (χ1v) is 5.33. The molecular formula is C10H18O4. The molecular weight excluding hydrogens is 184 g/mol. The van der Waals surface area contributed by atoms with E-state index in [2.05, 4.69) is 0 Å². The van der Waals surface area contributed by atoms with E-state index < -0.39 is 11.7 Å². The second-order valence-electron chi connectivity index (χ2n) is 4.17. The highest BCUT2D eigenvalue weighted by atomic mass is 16.5. The van der Waals surface area contributed by atoms with Gasteiger partial charge < -0.3 is 19.7 Å². The summed E-state index contributed by atoms with van der Waals surface area (Å²) in [6.45, 7) is 1.22. The maximum absolute atomic E-state index is 10.1. The van der Waals surface area contributed by atoms with Gasteiger partial charge in [-0.3, -0.25) is 0 Å². The van der Waals surface area contributed by atoms with Crippen LogP contribution in [0, 0.1) is 0 Å². The van der Waals surface area contributed by atoms with Crippen molar-refractivity contribution in [3.63, 3.8) is 0 Å². The standard InChI is InChI=1S/C10H18O4/c11-7-10(4-2-6-14-10)9(12)8-3-1-5-13-8/h8-9,11-12H,1-7H2/t8-,9+,10-/m0/s1. The van der Waals surface area contributed by atoms with Gasteiger partial charge >= 0.3 is 0 Å². The first-order chi connectivity index (χ1) is 6.78. The van der Waals surface area contributed by atoms with Crippen LogP contribution in [0.1, 0.15) is 25.7 Å². The van der Waals surface area contributed by atoms with Crippen LogP contribution in [0.2, 0.25) is 0 Å². The molecule has 0 aromatic heterocycles. The lowest BCUT2D eigenvalue weighted by atomic mass is 9.89. The summed E-state index contributed by atoms with van der Waals surface area (Å²) in [5, 5.41) is 19.4. The normalized spacial score (nSPS) is 40.3. The van der Waals surface area contributed by atoms with E-state index in [1.807, 2.05) is 0 Å². The average Bonchev–Trinajstić information content (AvgIpc) is 2.89. The maximum Gasteiger partial charge on any atom is 0.119 e. The lowest BCUT2D eigenvalue weighted by Crippen LogP contribution is -2.51. The molecule has 82 valence electrons. The topological polar surface area (TPSA) is 58.9 Å². The molecule has 2 rings (SSSR count). The Morgan fingerprint density at radius 3 is 2.71 bits per heavy atom. The smallest absolute Gasteiger partial charge is 0.119 e. The number of hydrogen-bond acceptors (Lipinski definition) is 4. The van der Waals surface area contributed by atoms with Crippen molar-refractivity contribution in [1.29, 1.82) is 0 Å². The van der Waals surface area contributed by atoms with Crippen LogP contribution >= 0.6 is 0 Å². The molecule has 0 radical (unpaired) electrons. The van der Waals surface area contributed by atoms with Crippen LogP contribution in [-0.4, -0.2) is 47.8 Å². The monoisotopic (exact) mass is 202 g/mol. The highest BCUT2D eigenvalue weighted by molar-refractivity contribution is 4.96. The molecule has 0 amide bonds. The molecule has 2 aliphatic heterocycles. The summed E-state index contributed by atoms with van der Waals surface area (Å²) in [4.78, 5) is 0. The molecule has 2 aliphatic rings. The van der Waals surface area contributed by atoms with Gasteiger partial charge in [-0.25, -0.2) is 0 Å². The van der Waals surface area contributed by atoms with Crippen LogP contribution in [0.5, 0.6) is 0 Å². The summed E-state index contributed by atoms with van der Waals surface area (Å²) in [6.07, 6.45) is 2.66. The van der Waals surface area contributed by atoms with Crippen molar-refractivity contribution in [2.24, 2.45) is 0 Å². The number of aliphatic hydroxyl groups excluding tert-OH is 2. The van der Waals surface area contributed by atoms with Gasteiger partial charge in [-0.1, -0.05) is 0 Å². The van der Waals surface area contributed by atoms with Crippen molar-refractivity contribution in [2.75, 3.05) is 19.8 Å². The molecule has 14 heavy (non-hydrogen) atoms. The molecule has 3 atom stereocenters. The quantitative estimate of drug-likeness (QED) is 0.680. The minimum atomic E-state index is -0.755. The predicted molar refractivity (Wildman–Crippen MR) is 50.0 cm³/mol. The van der Waals surface area contributed by atoms with Crippen molar-refractivity contribution < 1.29 is 19.7 Å². The number of ether oxygens (including phenoxy) is 2. The van der Waals surface area contributed by atoms with Gasteiger partial charge in [-0.15, -0.1) is 0 Å². The number of hydrogen-bond donors (Lipinski definition) is 2. The molecule has 0 spiro atoms. The third kappa shape index (κ3) is 1.67. The molecule has 4 heteroatoms. The molecule has 0 aliphatic carbocycles. The molecule has 2 N–H and O–H groups in total. The van der Waals surface area contributed by atoms with E-state index in [1.54, 1.807) is 0 Å². The van der Waals surface area contributed by atoms with Crippen LogP contribution in [0.4, 0.5) is 0 Å². The van der Waals surface area contributed by atoms with E-state index in [-0.39, 0.29) is 12.7 Å². The molecule has 0 bridgehead atoms. The third-order valence-electron chi connectivity index (χ3n) is 3.26. The zero-order valence-corrected chi connectivity index (χ0v) is 8.32. The van der Waals surface area contributed by atoms with Gasteiger partial charge in [0.25, 0.3) is 0 Å². The van der Waals surface area contributed by atoms with E-state index in [0.29, 0.717) is 13.2 Å². The Morgan fingerprint density at radius 2 is 2.21 bits per heavy atom. The van der Waals surface area contributed by atoms with E-state index in [4.69, 9.17) is 9.47 Å². The SMILES string of the molecule is OC[C@]1([C@H](O)[C@@H]2CCCO2)CCCO1. The first-order valence-electron chi connectivity index (χ1n) is 5.33. The zero-order chi connectivity index (χ0) is 10.0. The van der Waals surface area contributed by atoms with Crippen LogP contribution in [0.3, 0.4) is 0 Å². The average molecular weight is 202 g/mol. The summed E-state index contributed by atoms with van der Waals surface area (Å²) in [5.41, 5.74) is -0.755. The van der Waals surface area contributed by atoms with Gasteiger partial charge in [0.2, 0.25) is 0 Å². The molecule has 2 saturated heterocycles. The van der Waals surface area contributed by atoms with Gasteiger partial charge in [0.15, 0.2) is 0 Å². The van der Waals surface area contributed by atoms with Crippen molar-refractivity contribution in [3.8, 4) is 0 Å². The minimum Gasteiger partial charge on any atom is -0.393 e. The Balaban J connectivity index is 2.02. The van der Waals surface area contributed by atoms with Crippen LogP contribution in [0.15, 0.2) is 0 Å². The van der Waals surface area contributed by atoms with Crippen molar-refractivity contribution in [3.05, 3.63) is 0 Å². The Bertz CT molecular complexity index is 183. The Kier molecular flexibility index (Phi) is 3.07. The van der Waals surface area contributed by atoms with Crippen molar-refractivity contribution in [1.82, 2.24) is 0 Å². The molecule has 0 aromatic rings. The molecule has 0 saturated carbocycles. The summed E-state index contributed by atoms with van der Waals surface area (Å²) in [7, 11) is 0. The second kappa shape index (κ2) is 4.14. The Hall–Kier alpha value is -0.160. The highest BCUT2D eigenvalue weighted by Gasteiger charge is 2.46. The molecule has 0 aromatic carbocycles. The first kappa shape index (κ1) is 10.4. The lowest BCUT2D eigenvalue weighted by molar-refractivity contribution is -0.155. The van der Waals surface area contributed by atoms with E-state index in [1.165, 1.54) is 0 Å². The predicted octanol–water partition coefficient (Wildman–Crippen LogP) is 0.0678. The number of aliphatic hydroxyl groups is 2. The molecule has 2 heterocycles. The maximum atomic E-state index is 10.1. The zero-order valence-electron chi connectivity index (χ0n) is 8.32. The summed E-state index contributed by atoms with van der Waals surface area (Å²) in [5.74, 6) is 0. The molecule has 4 nitrogen and oxygen atoms in total. The van der Waals surface area contributed by atoms with Gasteiger partial charge in [0.1, 0.15) is 11.7 Å². The molecule has 0 unspecified atom stereocenters. The lowest BCUT2D eigenvalue weighted by Gasteiger charge is -2.34. The Morgan fingerprint density at radius 1 is 1.36 bits per heavy atom. The fourth-order valence-electron chi connectivity index (χ4n) is 2.36. The van der Waals surface area contributed by atoms with Crippen molar-refractivity contribution in [2.45, 2.75) is 43.5 Å². The van der Waals surface area contributed by atoms with E-state index in [0.717, 1.165) is 25.7 Å². The van der Waals surface area contributed by atoms with E-state index in [9.17, 15) is 10.2 Å². The van der Waals surface area contributed by atoms with Gasteiger partial charge in [0, 0.05) is 13.2 Å². The van der Waals surface area contributed by atoms with E-state index >= 15 is 0 Å². The minimum absolute atomic E-state index is 0.117. The van der Waals surface area contributed by atoms with Gasteiger partial charge in [-0.05, 0) is 25.7 Å². The third-order valence-corrected chi connectivity index (χ3v) is 3.26. The summed E-state index contributed by atoms with van der Waals surface area (Å²) in [6, 6.07) is 0. The van der Waals surface area contributed by atoms with Gasteiger partial charge in [0.05, 0.1) is 12.7 Å². The van der Waals surface area contributed by atoms with Gasteiger partial charge in [-0.2, -0.15) is 0 Å². The number of rotatable bonds is 3.